The Morgan fingerprint density at radius 1 is 0.380 bits per heavy atom. The first-order valence-corrected chi connectivity index (χ1v) is 18.9. The van der Waals surface area contributed by atoms with E-state index in [1.165, 1.54) is 84.7 Å². The second-order valence-electron chi connectivity index (χ2n) is 13.2. The first kappa shape index (κ1) is 36.6. The van der Waals surface area contributed by atoms with E-state index in [0.717, 1.165) is 43.2 Å². The molecule has 5 rings (SSSR count). The fraction of sp³-hybridized carbons (Fsp3) is 0.364. The standard InChI is InChI=1S/C44H56N6/c1-5-9-33-47(34-10-6-2)37-13-17-39(18-14-37)49(40-19-15-38(16-20-40)48(35-11-7-3)36-12-8-4)41-21-23-42(24-22-41)50(43-25-29-45-30-26-43)44-27-31-46-32-28-44/h13-32H,5-12,33-36H2,1-4H3/p+1. The van der Waals surface area contributed by atoms with Crippen molar-refractivity contribution in [2.75, 3.05) is 40.9 Å². The zero-order chi connectivity index (χ0) is 35.0. The number of aromatic nitrogens is 2. The number of quaternary nitrogens is 1. The summed E-state index contributed by atoms with van der Waals surface area (Å²) in [5.41, 5.74) is 9.48. The summed E-state index contributed by atoms with van der Waals surface area (Å²) in [6.07, 6.45) is 17.0. The van der Waals surface area contributed by atoms with Gasteiger partial charge in [0.2, 0.25) is 0 Å². The van der Waals surface area contributed by atoms with Crippen LogP contribution in [0.25, 0.3) is 0 Å². The molecule has 2 aromatic heterocycles. The molecule has 5 aromatic rings. The average Bonchev–Trinajstić information content (AvgIpc) is 3.17. The molecule has 0 fully saturated rings. The van der Waals surface area contributed by atoms with E-state index in [1.54, 1.807) is 0 Å². The van der Waals surface area contributed by atoms with E-state index >= 15 is 0 Å². The maximum Gasteiger partial charge on any atom is 0.141 e. The summed E-state index contributed by atoms with van der Waals surface area (Å²) in [5, 5.41) is 0. The van der Waals surface area contributed by atoms with Crippen molar-refractivity contribution in [2.45, 2.75) is 79.1 Å². The van der Waals surface area contributed by atoms with Gasteiger partial charge in [0, 0.05) is 116 Å². The summed E-state index contributed by atoms with van der Waals surface area (Å²) in [6, 6.07) is 35.8. The Kier molecular flexibility index (Phi) is 14.3. The van der Waals surface area contributed by atoms with Crippen LogP contribution in [0.3, 0.4) is 0 Å². The summed E-state index contributed by atoms with van der Waals surface area (Å²) in [5.74, 6) is 0. The van der Waals surface area contributed by atoms with Gasteiger partial charge in [0.05, 0.1) is 0 Å². The van der Waals surface area contributed by atoms with Gasteiger partial charge >= 0.3 is 0 Å². The van der Waals surface area contributed by atoms with Crippen molar-refractivity contribution in [3.05, 3.63) is 122 Å². The van der Waals surface area contributed by atoms with Crippen molar-refractivity contribution in [2.24, 2.45) is 0 Å². The first-order valence-electron chi connectivity index (χ1n) is 18.9. The number of nitrogens with one attached hydrogen (secondary N) is 1. The van der Waals surface area contributed by atoms with Gasteiger partial charge in [-0.05, 0) is 86.3 Å². The van der Waals surface area contributed by atoms with Gasteiger partial charge in [-0.2, -0.15) is 0 Å². The van der Waals surface area contributed by atoms with Crippen molar-refractivity contribution in [1.29, 1.82) is 0 Å². The quantitative estimate of drug-likeness (QED) is 0.0893. The Hall–Kier alpha value is -4.68. The van der Waals surface area contributed by atoms with Crippen molar-refractivity contribution in [1.82, 2.24) is 9.97 Å². The van der Waals surface area contributed by atoms with Crippen LogP contribution in [0.2, 0.25) is 0 Å². The fourth-order valence-corrected chi connectivity index (χ4v) is 6.52. The molecule has 0 bridgehead atoms. The molecule has 0 unspecified atom stereocenters. The molecule has 50 heavy (non-hydrogen) atoms. The molecule has 6 heteroatoms. The lowest BCUT2D eigenvalue weighted by Gasteiger charge is -2.27. The molecule has 2 heterocycles. The van der Waals surface area contributed by atoms with E-state index < -0.39 is 0 Å². The number of benzene rings is 3. The minimum atomic E-state index is 1.06. The number of pyridine rings is 2. The number of hydrogen-bond donors (Lipinski definition) is 1. The average molecular weight is 670 g/mol. The van der Waals surface area contributed by atoms with E-state index in [9.17, 15) is 0 Å². The summed E-state index contributed by atoms with van der Waals surface area (Å²) in [6.45, 7) is 13.5. The summed E-state index contributed by atoms with van der Waals surface area (Å²) < 4.78 is 0. The van der Waals surface area contributed by atoms with Gasteiger partial charge in [0.25, 0.3) is 0 Å². The number of hydrogen-bond acceptors (Lipinski definition) is 5. The van der Waals surface area contributed by atoms with E-state index in [0.29, 0.717) is 0 Å². The normalized spacial score (nSPS) is 11.1. The van der Waals surface area contributed by atoms with Crippen LogP contribution in [0.5, 0.6) is 0 Å². The third-order valence-electron chi connectivity index (χ3n) is 9.42. The zero-order valence-electron chi connectivity index (χ0n) is 30.8. The van der Waals surface area contributed by atoms with E-state index in [-0.39, 0.29) is 0 Å². The van der Waals surface area contributed by atoms with Gasteiger partial charge in [-0.3, -0.25) is 9.97 Å². The lowest BCUT2D eigenvalue weighted by atomic mass is 10.1. The molecule has 0 aliphatic carbocycles. The summed E-state index contributed by atoms with van der Waals surface area (Å²) >= 11 is 0. The van der Waals surface area contributed by atoms with Crippen LogP contribution < -0.4 is 19.6 Å². The highest BCUT2D eigenvalue weighted by Gasteiger charge is 2.22. The van der Waals surface area contributed by atoms with Crippen molar-refractivity contribution < 1.29 is 4.90 Å². The molecule has 262 valence electrons. The third kappa shape index (κ3) is 9.72. The smallest absolute Gasteiger partial charge is 0.141 e. The van der Waals surface area contributed by atoms with Crippen LogP contribution in [0, 0.1) is 0 Å². The highest BCUT2D eigenvalue weighted by molar-refractivity contribution is 5.76. The van der Waals surface area contributed by atoms with Gasteiger partial charge in [-0.15, -0.1) is 0 Å². The molecule has 3 aromatic carbocycles. The van der Waals surface area contributed by atoms with Crippen LogP contribution in [0.15, 0.2) is 122 Å². The first-order chi connectivity index (χ1) is 24.7. The number of rotatable bonds is 20. The maximum absolute atomic E-state index is 4.26. The van der Waals surface area contributed by atoms with Gasteiger partial charge in [0.1, 0.15) is 17.1 Å². The fourth-order valence-electron chi connectivity index (χ4n) is 6.52. The van der Waals surface area contributed by atoms with Crippen molar-refractivity contribution in [3.8, 4) is 0 Å². The van der Waals surface area contributed by atoms with Gasteiger partial charge in [0.15, 0.2) is 0 Å². The molecule has 0 saturated heterocycles. The zero-order valence-corrected chi connectivity index (χ0v) is 30.8. The second kappa shape index (κ2) is 19.5. The molecule has 0 atom stereocenters. The summed E-state index contributed by atoms with van der Waals surface area (Å²) in [7, 11) is 0. The van der Waals surface area contributed by atoms with Crippen LogP contribution in [0.4, 0.5) is 45.5 Å². The Balaban J connectivity index is 1.52. The third-order valence-corrected chi connectivity index (χ3v) is 9.42. The van der Waals surface area contributed by atoms with E-state index in [4.69, 9.17) is 0 Å². The molecule has 1 N–H and O–H groups in total. The largest absolute Gasteiger partial charge is 0.372 e. The lowest BCUT2D eigenvalue weighted by molar-refractivity contribution is -0.681. The molecule has 0 radical (unpaired) electrons. The highest BCUT2D eigenvalue weighted by Crippen LogP contribution is 2.34. The second-order valence-corrected chi connectivity index (χ2v) is 13.2. The molecule has 0 aliphatic rings. The van der Waals surface area contributed by atoms with E-state index in [1.807, 2.05) is 49.1 Å². The highest BCUT2D eigenvalue weighted by atomic mass is 15.2. The van der Waals surface area contributed by atoms with Crippen LogP contribution in [-0.2, 0) is 0 Å². The molecule has 0 spiro atoms. The number of nitrogens with zero attached hydrogens (tertiary/aromatic N) is 5. The molecular formula is C44H57N6+. The Labute approximate surface area is 301 Å². The lowest BCUT2D eigenvalue weighted by Crippen LogP contribution is -2.96. The maximum atomic E-state index is 4.26. The summed E-state index contributed by atoms with van der Waals surface area (Å²) in [4.78, 5) is 17.1. The Morgan fingerprint density at radius 2 is 0.660 bits per heavy atom. The van der Waals surface area contributed by atoms with Gasteiger partial charge in [-0.1, -0.05) is 53.4 Å². The molecule has 0 aliphatic heterocycles. The Morgan fingerprint density at radius 3 is 0.960 bits per heavy atom. The van der Waals surface area contributed by atoms with Gasteiger partial charge < -0.3 is 14.7 Å². The number of unbranched alkanes of at least 4 members (excludes halogenated alkanes) is 4. The molecule has 0 saturated carbocycles. The van der Waals surface area contributed by atoms with Crippen LogP contribution in [0.1, 0.15) is 79.1 Å². The van der Waals surface area contributed by atoms with Crippen LogP contribution in [-0.4, -0.2) is 36.1 Å². The van der Waals surface area contributed by atoms with E-state index in [2.05, 4.69) is 125 Å². The molecule has 0 amide bonds. The minimum Gasteiger partial charge on any atom is -0.372 e. The predicted molar refractivity (Wildman–Crippen MR) is 214 cm³/mol. The minimum absolute atomic E-state index is 1.06. The van der Waals surface area contributed by atoms with Crippen molar-refractivity contribution in [3.63, 3.8) is 0 Å². The monoisotopic (exact) mass is 669 g/mol. The SMILES string of the molecule is CCCCN(CCCC)c1ccc([NH+](c2ccc(N(CCCC)CCCC)cc2)c2ccc(N(c3ccncc3)c3ccncc3)cc2)cc1. The van der Waals surface area contributed by atoms with Crippen LogP contribution >= 0.6 is 0 Å². The van der Waals surface area contributed by atoms with Gasteiger partial charge in [-0.25, -0.2) is 4.90 Å². The predicted octanol–water partition coefficient (Wildman–Crippen LogP) is 10.9. The molecular weight excluding hydrogens is 613 g/mol. The Bertz CT molecular complexity index is 1520. The van der Waals surface area contributed by atoms with Crippen molar-refractivity contribution >= 4 is 45.5 Å². The molecule has 6 nitrogen and oxygen atoms in total. The topological polar surface area (TPSA) is 39.9 Å². The number of anilines is 5.